The number of H-pyrrole nitrogens is 1. The molecule has 0 unspecified atom stereocenters. The minimum atomic E-state index is -0.432. The van der Waals surface area contributed by atoms with Crippen molar-refractivity contribution in [3.8, 4) is 0 Å². The van der Waals surface area contributed by atoms with E-state index in [1.165, 1.54) is 12.4 Å². The molecule has 2 rings (SSSR count). The van der Waals surface area contributed by atoms with Crippen molar-refractivity contribution in [3.63, 3.8) is 0 Å². The highest BCUT2D eigenvalue weighted by atomic mass is 16.6. The summed E-state index contributed by atoms with van der Waals surface area (Å²) in [6, 6.07) is 4.81. The van der Waals surface area contributed by atoms with Crippen molar-refractivity contribution in [1.29, 1.82) is 0 Å². The first-order valence-electron chi connectivity index (χ1n) is 5.80. The van der Waals surface area contributed by atoms with Crippen molar-refractivity contribution in [3.05, 3.63) is 56.1 Å². The molecule has 0 amide bonds. The van der Waals surface area contributed by atoms with Crippen LogP contribution < -0.4 is 16.6 Å². The van der Waals surface area contributed by atoms with Crippen molar-refractivity contribution in [1.82, 2.24) is 9.97 Å². The van der Waals surface area contributed by atoms with E-state index in [4.69, 9.17) is 5.73 Å². The molecule has 0 saturated heterocycles. The molecule has 0 aliphatic rings. The molecule has 0 aliphatic carbocycles. The highest BCUT2D eigenvalue weighted by Crippen LogP contribution is 2.22. The van der Waals surface area contributed by atoms with Crippen molar-refractivity contribution in [2.45, 2.75) is 13.5 Å². The fraction of sp³-hybridized carbons (Fsp3) is 0.167. The second kappa shape index (κ2) is 5.39. The summed E-state index contributed by atoms with van der Waals surface area (Å²) in [5.41, 5.74) is 6.49. The summed E-state index contributed by atoms with van der Waals surface area (Å²) in [7, 11) is 0. The van der Waals surface area contributed by atoms with Gasteiger partial charge in [-0.05, 0) is 12.5 Å². The molecule has 8 nitrogen and oxygen atoms in total. The van der Waals surface area contributed by atoms with Gasteiger partial charge in [0, 0.05) is 18.2 Å². The molecule has 4 N–H and O–H groups in total. The molecular weight excluding hydrogens is 262 g/mol. The highest BCUT2D eigenvalue weighted by molar-refractivity contribution is 5.59. The van der Waals surface area contributed by atoms with E-state index in [-0.39, 0.29) is 23.7 Å². The summed E-state index contributed by atoms with van der Waals surface area (Å²) in [5.74, 6) is 0.250. The second-order valence-corrected chi connectivity index (χ2v) is 4.17. The molecule has 0 bridgehead atoms. The molecule has 8 heteroatoms. The van der Waals surface area contributed by atoms with Gasteiger partial charge < -0.3 is 16.0 Å². The molecule has 1 heterocycles. The van der Waals surface area contributed by atoms with Crippen LogP contribution in [0.5, 0.6) is 0 Å². The molecule has 1 aromatic heterocycles. The zero-order chi connectivity index (χ0) is 14.7. The molecule has 0 aliphatic heterocycles. The van der Waals surface area contributed by atoms with Gasteiger partial charge in [-0.3, -0.25) is 14.9 Å². The van der Waals surface area contributed by atoms with Gasteiger partial charge in [0.15, 0.2) is 5.82 Å². The minimum absolute atomic E-state index is 0.0180. The Labute approximate surface area is 113 Å². The molecule has 20 heavy (non-hydrogen) atoms. The number of rotatable bonds is 4. The van der Waals surface area contributed by atoms with Crippen LogP contribution in [0.2, 0.25) is 0 Å². The van der Waals surface area contributed by atoms with E-state index < -0.39 is 10.5 Å². The monoisotopic (exact) mass is 275 g/mol. The zero-order valence-electron chi connectivity index (χ0n) is 10.7. The number of aromatic amines is 1. The van der Waals surface area contributed by atoms with Gasteiger partial charge in [-0.25, -0.2) is 4.98 Å². The summed E-state index contributed by atoms with van der Waals surface area (Å²) in [6.07, 6.45) is 1.24. The van der Waals surface area contributed by atoms with Crippen LogP contribution >= 0.6 is 0 Å². The van der Waals surface area contributed by atoms with Gasteiger partial charge in [0.2, 0.25) is 0 Å². The second-order valence-electron chi connectivity index (χ2n) is 4.17. The van der Waals surface area contributed by atoms with Crippen LogP contribution in [0.25, 0.3) is 0 Å². The highest BCUT2D eigenvalue weighted by Gasteiger charge is 2.13. The molecule has 0 atom stereocenters. The van der Waals surface area contributed by atoms with Gasteiger partial charge in [0.25, 0.3) is 11.2 Å². The van der Waals surface area contributed by atoms with Crippen molar-refractivity contribution in [2.24, 2.45) is 0 Å². The number of nitrogen functional groups attached to an aromatic ring is 1. The topological polar surface area (TPSA) is 127 Å². The lowest BCUT2D eigenvalue weighted by molar-refractivity contribution is -0.385. The van der Waals surface area contributed by atoms with Crippen LogP contribution in [0.3, 0.4) is 0 Å². The molecule has 0 radical (unpaired) electrons. The number of nitro benzene ring substituents is 1. The number of nitrogens with zero attached hydrogens (tertiary/aromatic N) is 2. The number of benzene rings is 1. The Bertz CT molecular complexity index is 710. The first kappa shape index (κ1) is 13.5. The molecule has 104 valence electrons. The van der Waals surface area contributed by atoms with Gasteiger partial charge in [0.05, 0.1) is 11.3 Å². The zero-order valence-corrected chi connectivity index (χ0v) is 10.7. The first-order valence-corrected chi connectivity index (χ1v) is 5.80. The largest absolute Gasteiger partial charge is 0.391 e. The van der Waals surface area contributed by atoms with E-state index in [0.717, 1.165) is 5.56 Å². The van der Waals surface area contributed by atoms with Crippen LogP contribution in [0, 0.1) is 17.0 Å². The average Bonchev–Trinajstić information content (AvgIpc) is 2.41. The Morgan fingerprint density at radius 1 is 1.50 bits per heavy atom. The lowest BCUT2D eigenvalue weighted by Gasteiger charge is -2.09. The summed E-state index contributed by atoms with van der Waals surface area (Å²) in [5, 5.41) is 13.8. The Morgan fingerprint density at radius 3 is 2.95 bits per heavy atom. The van der Waals surface area contributed by atoms with Gasteiger partial charge >= 0.3 is 0 Å². The number of nitro groups is 1. The van der Waals surface area contributed by atoms with E-state index in [1.807, 2.05) is 0 Å². The SMILES string of the molecule is Cc1c(CNc2nc[nH]c(=O)c2N)cccc1[N+](=O)[O-]. The fourth-order valence-corrected chi connectivity index (χ4v) is 1.79. The summed E-state index contributed by atoms with van der Waals surface area (Å²) >= 11 is 0. The quantitative estimate of drug-likeness (QED) is 0.568. The van der Waals surface area contributed by atoms with Crippen LogP contribution in [-0.2, 0) is 6.54 Å². The summed E-state index contributed by atoms with van der Waals surface area (Å²) in [4.78, 5) is 28.0. The van der Waals surface area contributed by atoms with E-state index in [0.29, 0.717) is 5.56 Å². The lowest BCUT2D eigenvalue weighted by Crippen LogP contribution is -2.16. The predicted octanol–water partition coefficient (Wildman–Crippen LogP) is 1.18. The molecule has 0 spiro atoms. The number of anilines is 2. The number of aromatic nitrogens is 2. The third-order valence-electron chi connectivity index (χ3n) is 2.95. The van der Waals surface area contributed by atoms with E-state index in [2.05, 4.69) is 15.3 Å². The lowest BCUT2D eigenvalue weighted by atomic mass is 10.1. The fourth-order valence-electron chi connectivity index (χ4n) is 1.79. The third kappa shape index (κ3) is 2.58. The van der Waals surface area contributed by atoms with E-state index in [9.17, 15) is 14.9 Å². The summed E-state index contributed by atoms with van der Waals surface area (Å²) < 4.78 is 0. The van der Waals surface area contributed by atoms with Crippen molar-refractivity contribution in [2.75, 3.05) is 11.1 Å². The molecule has 0 fully saturated rings. The molecular formula is C12H13N5O3. The molecule has 2 aromatic rings. The van der Waals surface area contributed by atoms with Crippen LogP contribution in [0.15, 0.2) is 29.3 Å². The van der Waals surface area contributed by atoms with E-state index >= 15 is 0 Å². The maximum absolute atomic E-state index is 11.3. The third-order valence-corrected chi connectivity index (χ3v) is 2.95. The number of hydrogen-bond donors (Lipinski definition) is 3. The smallest absolute Gasteiger partial charge is 0.276 e. The molecule has 0 saturated carbocycles. The van der Waals surface area contributed by atoms with Crippen LogP contribution in [-0.4, -0.2) is 14.9 Å². The average molecular weight is 275 g/mol. The standard InChI is InChI=1S/C12H13N5O3/c1-7-8(3-2-4-9(7)17(19)20)5-14-11-10(13)12(18)16-6-15-11/h2-4,6H,5,13H2,1H3,(H2,14,15,16,18). The number of hydrogen-bond acceptors (Lipinski definition) is 6. The van der Waals surface area contributed by atoms with Crippen molar-refractivity contribution < 1.29 is 4.92 Å². The normalized spacial score (nSPS) is 10.2. The number of nitrogens with two attached hydrogens (primary N) is 1. The van der Waals surface area contributed by atoms with Crippen LogP contribution in [0.4, 0.5) is 17.2 Å². The first-order chi connectivity index (χ1) is 9.50. The minimum Gasteiger partial charge on any atom is -0.391 e. The maximum Gasteiger partial charge on any atom is 0.276 e. The van der Waals surface area contributed by atoms with Gasteiger partial charge in [0.1, 0.15) is 5.69 Å². The van der Waals surface area contributed by atoms with Gasteiger partial charge in [-0.2, -0.15) is 0 Å². The Hall–Kier alpha value is -2.90. The molecule has 1 aromatic carbocycles. The van der Waals surface area contributed by atoms with Crippen molar-refractivity contribution >= 4 is 17.2 Å². The van der Waals surface area contributed by atoms with Gasteiger partial charge in [-0.1, -0.05) is 12.1 Å². The predicted molar refractivity (Wildman–Crippen MR) is 74.4 cm³/mol. The Morgan fingerprint density at radius 2 is 2.25 bits per heavy atom. The van der Waals surface area contributed by atoms with Crippen LogP contribution in [0.1, 0.15) is 11.1 Å². The Balaban J connectivity index is 2.24. The Kier molecular flexibility index (Phi) is 3.65. The van der Waals surface area contributed by atoms with Gasteiger partial charge in [-0.15, -0.1) is 0 Å². The summed E-state index contributed by atoms with van der Waals surface area (Å²) in [6.45, 7) is 1.96. The maximum atomic E-state index is 11.3. The van der Waals surface area contributed by atoms with E-state index in [1.54, 1.807) is 19.1 Å². The number of nitrogens with one attached hydrogen (secondary N) is 2.